The number of para-hydroxylation sites is 1. The maximum atomic E-state index is 12.6. The molecule has 2 aromatic carbocycles. The van der Waals surface area contributed by atoms with E-state index in [0.29, 0.717) is 27.1 Å². The van der Waals surface area contributed by atoms with E-state index in [-0.39, 0.29) is 5.56 Å². The lowest BCUT2D eigenvalue weighted by Gasteiger charge is -2.08. The maximum absolute atomic E-state index is 12.6. The first-order valence-electron chi connectivity index (χ1n) is 8.74. The summed E-state index contributed by atoms with van der Waals surface area (Å²) in [6.45, 7) is 0. The highest BCUT2D eigenvalue weighted by Gasteiger charge is 2.16. The fraction of sp³-hybridized carbons (Fsp3) is 0.105. The predicted octanol–water partition coefficient (Wildman–Crippen LogP) is 3.11. The van der Waals surface area contributed by atoms with Crippen LogP contribution in [0.3, 0.4) is 0 Å². The van der Waals surface area contributed by atoms with E-state index in [1.807, 2.05) is 57.5 Å². The first-order chi connectivity index (χ1) is 14.1. The zero-order chi connectivity index (χ0) is 20.0. The second-order valence-electron chi connectivity index (χ2n) is 6.39. The molecule has 0 saturated carbocycles. The van der Waals surface area contributed by atoms with Crippen LogP contribution in [0, 0.1) is 0 Å². The summed E-state index contributed by atoms with van der Waals surface area (Å²) >= 11 is 7.59. The van der Waals surface area contributed by atoms with Gasteiger partial charge in [0.2, 0.25) is 5.78 Å². The third kappa shape index (κ3) is 2.99. The summed E-state index contributed by atoms with van der Waals surface area (Å²) in [5.41, 5.74) is 1.56. The Morgan fingerprint density at radius 3 is 2.79 bits per heavy atom. The van der Waals surface area contributed by atoms with Gasteiger partial charge in [-0.2, -0.15) is 0 Å². The molecule has 8 nitrogen and oxygen atoms in total. The van der Waals surface area contributed by atoms with Crippen molar-refractivity contribution < 1.29 is 0 Å². The Balaban J connectivity index is 1.55. The second kappa shape index (κ2) is 7.02. The molecule has 0 fully saturated rings. The minimum atomic E-state index is -0.0968. The van der Waals surface area contributed by atoms with E-state index >= 15 is 0 Å². The minimum absolute atomic E-state index is 0.0968. The van der Waals surface area contributed by atoms with Crippen molar-refractivity contribution >= 4 is 40.0 Å². The van der Waals surface area contributed by atoms with Crippen molar-refractivity contribution in [1.29, 1.82) is 0 Å². The lowest BCUT2D eigenvalue weighted by molar-refractivity contribution is 0.857. The Morgan fingerprint density at radius 2 is 1.93 bits per heavy atom. The van der Waals surface area contributed by atoms with Gasteiger partial charge in [0.15, 0.2) is 5.16 Å². The highest BCUT2D eigenvalue weighted by Crippen LogP contribution is 2.25. The van der Waals surface area contributed by atoms with Crippen molar-refractivity contribution in [3.05, 3.63) is 76.1 Å². The van der Waals surface area contributed by atoms with Gasteiger partial charge < -0.3 is 0 Å². The summed E-state index contributed by atoms with van der Waals surface area (Å²) in [6, 6.07) is 14.9. The lowest BCUT2D eigenvalue weighted by atomic mass is 10.2. The van der Waals surface area contributed by atoms with Crippen molar-refractivity contribution in [3.63, 3.8) is 0 Å². The molecule has 0 saturated heterocycles. The van der Waals surface area contributed by atoms with Gasteiger partial charge in [-0.05, 0) is 30.3 Å². The van der Waals surface area contributed by atoms with Crippen LogP contribution >= 0.6 is 23.4 Å². The SMILES string of the molecule is Cn1c(=O)c2ccccc2n2c(CSc3nncn3-c3cccc(Cl)c3)nnc12. The van der Waals surface area contributed by atoms with Crippen molar-refractivity contribution in [2.75, 3.05) is 0 Å². The van der Waals surface area contributed by atoms with Crippen LogP contribution in [0.1, 0.15) is 5.82 Å². The van der Waals surface area contributed by atoms with E-state index in [1.165, 1.54) is 16.3 Å². The smallest absolute Gasteiger partial charge is 0.262 e. The molecule has 5 rings (SSSR count). The van der Waals surface area contributed by atoms with Gasteiger partial charge in [-0.3, -0.25) is 18.3 Å². The Hall–Kier alpha value is -3.17. The number of nitrogens with zero attached hydrogens (tertiary/aromatic N) is 7. The van der Waals surface area contributed by atoms with Crippen LogP contribution in [-0.2, 0) is 12.8 Å². The van der Waals surface area contributed by atoms with Crippen LogP contribution in [0.15, 0.2) is 64.8 Å². The summed E-state index contributed by atoms with van der Waals surface area (Å²) < 4.78 is 5.29. The van der Waals surface area contributed by atoms with Crippen LogP contribution in [-0.4, -0.2) is 33.9 Å². The number of hydrogen-bond acceptors (Lipinski definition) is 6. The highest BCUT2D eigenvalue weighted by atomic mass is 35.5. The Kier molecular flexibility index (Phi) is 4.33. The Labute approximate surface area is 173 Å². The fourth-order valence-electron chi connectivity index (χ4n) is 3.24. The molecular formula is C19H14ClN7OS. The molecule has 0 radical (unpaired) electrons. The number of aryl methyl sites for hydroxylation is 1. The molecule has 0 unspecified atom stereocenters. The van der Waals surface area contributed by atoms with E-state index < -0.39 is 0 Å². The monoisotopic (exact) mass is 423 g/mol. The molecular weight excluding hydrogens is 410 g/mol. The molecule has 144 valence electrons. The summed E-state index contributed by atoms with van der Waals surface area (Å²) in [4.78, 5) is 12.6. The minimum Gasteiger partial charge on any atom is -0.279 e. The van der Waals surface area contributed by atoms with Gasteiger partial charge in [-0.25, -0.2) is 0 Å². The number of thioether (sulfide) groups is 1. The van der Waals surface area contributed by atoms with Crippen molar-refractivity contribution in [2.45, 2.75) is 10.9 Å². The van der Waals surface area contributed by atoms with Crippen molar-refractivity contribution in [2.24, 2.45) is 7.05 Å². The third-order valence-corrected chi connectivity index (χ3v) is 5.80. The molecule has 5 aromatic rings. The van der Waals surface area contributed by atoms with E-state index in [0.717, 1.165) is 17.0 Å². The number of hydrogen-bond donors (Lipinski definition) is 0. The molecule has 0 aliphatic heterocycles. The third-order valence-electron chi connectivity index (χ3n) is 4.63. The molecule has 0 N–H and O–H groups in total. The van der Waals surface area contributed by atoms with Gasteiger partial charge in [0.25, 0.3) is 5.56 Å². The molecule has 0 bridgehead atoms. The van der Waals surface area contributed by atoms with Gasteiger partial charge >= 0.3 is 0 Å². The lowest BCUT2D eigenvalue weighted by Crippen LogP contribution is -2.20. The van der Waals surface area contributed by atoms with Gasteiger partial charge in [0.05, 0.1) is 22.3 Å². The van der Waals surface area contributed by atoms with Crippen LogP contribution in [0.2, 0.25) is 5.02 Å². The van der Waals surface area contributed by atoms with Gasteiger partial charge in [0.1, 0.15) is 12.2 Å². The first-order valence-corrected chi connectivity index (χ1v) is 10.1. The maximum Gasteiger partial charge on any atom is 0.262 e. The van der Waals surface area contributed by atoms with Gasteiger partial charge in [-0.15, -0.1) is 20.4 Å². The molecule has 3 aromatic heterocycles. The average molecular weight is 424 g/mol. The van der Waals surface area contributed by atoms with Crippen molar-refractivity contribution in [3.8, 4) is 5.69 Å². The summed E-state index contributed by atoms with van der Waals surface area (Å²) in [5, 5.41) is 18.8. The van der Waals surface area contributed by atoms with Crippen LogP contribution in [0.4, 0.5) is 0 Å². The standard InChI is InChI=1S/C19H14ClN7OS/c1-25-17(28)14-7-2-3-8-15(14)27-16(22-23-18(25)27)10-29-19-24-21-11-26(19)13-6-4-5-12(20)9-13/h2-9,11H,10H2,1H3. The highest BCUT2D eigenvalue weighted by molar-refractivity contribution is 7.98. The largest absolute Gasteiger partial charge is 0.279 e. The molecule has 29 heavy (non-hydrogen) atoms. The van der Waals surface area contributed by atoms with E-state index in [4.69, 9.17) is 11.6 Å². The molecule has 0 spiro atoms. The first kappa shape index (κ1) is 17.9. The summed E-state index contributed by atoms with van der Waals surface area (Å²) in [5.74, 6) is 1.72. The Bertz CT molecular complexity index is 1420. The van der Waals surface area contributed by atoms with Crippen LogP contribution in [0.5, 0.6) is 0 Å². The quantitative estimate of drug-likeness (QED) is 0.413. The van der Waals surface area contributed by atoms with Crippen LogP contribution in [0.25, 0.3) is 22.4 Å². The fourth-order valence-corrected chi connectivity index (χ4v) is 4.27. The summed E-state index contributed by atoms with van der Waals surface area (Å²) in [7, 11) is 1.70. The van der Waals surface area contributed by atoms with E-state index in [1.54, 1.807) is 13.4 Å². The zero-order valence-corrected chi connectivity index (χ0v) is 16.8. The molecule has 3 heterocycles. The van der Waals surface area contributed by atoms with Gasteiger partial charge in [-0.1, -0.05) is 41.6 Å². The van der Waals surface area contributed by atoms with E-state index in [9.17, 15) is 4.79 Å². The predicted molar refractivity (Wildman–Crippen MR) is 112 cm³/mol. The number of benzene rings is 2. The topological polar surface area (TPSA) is 82.9 Å². The van der Waals surface area contributed by atoms with Gasteiger partial charge in [0, 0.05) is 12.1 Å². The van der Waals surface area contributed by atoms with Crippen molar-refractivity contribution in [1.82, 2.24) is 33.9 Å². The normalized spacial score (nSPS) is 11.5. The second-order valence-corrected chi connectivity index (χ2v) is 7.76. The zero-order valence-electron chi connectivity index (χ0n) is 15.2. The summed E-state index contributed by atoms with van der Waals surface area (Å²) in [6.07, 6.45) is 1.65. The molecule has 10 heteroatoms. The van der Waals surface area contributed by atoms with E-state index in [2.05, 4.69) is 20.4 Å². The number of aromatic nitrogens is 7. The average Bonchev–Trinajstić information content (AvgIpc) is 3.37. The molecule has 0 atom stereocenters. The number of halogens is 1. The van der Waals surface area contributed by atoms with Crippen LogP contribution < -0.4 is 5.56 Å². The molecule has 0 aliphatic carbocycles. The molecule has 0 amide bonds. The number of rotatable bonds is 4. The molecule has 0 aliphatic rings. The number of fused-ring (bicyclic) bond motifs is 3. The Morgan fingerprint density at radius 1 is 1.07 bits per heavy atom.